The van der Waals surface area contributed by atoms with E-state index in [2.05, 4.69) is 36.5 Å². The van der Waals surface area contributed by atoms with Crippen molar-refractivity contribution in [2.75, 3.05) is 7.11 Å². The van der Waals surface area contributed by atoms with Gasteiger partial charge in [0.1, 0.15) is 0 Å². The number of ether oxygens (including phenoxy) is 1. The predicted molar refractivity (Wildman–Crippen MR) is 104 cm³/mol. The van der Waals surface area contributed by atoms with Gasteiger partial charge in [-0.05, 0) is 54.2 Å². The first-order valence-corrected chi connectivity index (χ1v) is 8.69. The Morgan fingerprint density at radius 1 is 1.19 bits per heavy atom. The largest absolute Gasteiger partial charge is 0.504 e. The van der Waals surface area contributed by atoms with Crippen LogP contribution < -0.4 is 10.2 Å². The lowest BCUT2D eigenvalue weighted by molar-refractivity contribution is -0.122. The molecule has 0 aliphatic rings. The van der Waals surface area contributed by atoms with Crippen LogP contribution in [0.15, 0.2) is 47.6 Å². The number of phenolic OH excluding ortho intramolecular Hbond substituents is 1. The molecule has 138 valence electrons. The van der Waals surface area contributed by atoms with Crippen LogP contribution in [0, 0.1) is 5.92 Å². The molecule has 2 N–H and O–H groups in total. The Balaban J connectivity index is 1.96. The van der Waals surface area contributed by atoms with Crippen molar-refractivity contribution in [1.29, 1.82) is 0 Å². The SMILES string of the molecule is COc1cc(/C=N\NC(=O)C(C)c2ccc(CC(C)C)cc2)ccc1O. The zero-order valence-corrected chi connectivity index (χ0v) is 15.7. The summed E-state index contributed by atoms with van der Waals surface area (Å²) in [6.45, 7) is 6.23. The minimum Gasteiger partial charge on any atom is -0.504 e. The number of aromatic hydroxyl groups is 1. The van der Waals surface area contributed by atoms with Crippen LogP contribution in [0.3, 0.4) is 0 Å². The molecule has 1 amide bonds. The minimum atomic E-state index is -0.297. The molecule has 0 bridgehead atoms. The second-order valence-electron chi connectivity index (χ2n) is 6.73. The average Bonchev–Trinajstić information content (AvgIpc) is 2.62. The van der Waals surface area contributed by atoms with Crippen molar-refractivity contribution in [3.8, 4) is 11.5 Å². The highest BCUT2D eigenvalue weighted by molar-refractivity contribution is 5.86. The summed E-state index contributed by atoms with van der Waals surface area (Å²) >= 11 is 0. The molecule has 0 aliphatic carbocycles. The van der Waals surface area contributed by atoms with Crippen LogP contribution in [0.1, 0.15) is 43.4 Å². The van der Waals surface area contributed by atoms with Gasteiger partial charge in [0.15, 0.2) is 11.5 Å². The second kappa shape index (κ2) is 9.04. The number of amides is 1. The molecule has 0 aliphatic heterocycles. The van der Waals surface area contributed by atoms with Gasteiger partial charge in [0.05, 0.1) is 19.2 Å². The number of hydrazone groups is 1. The highest BCUT2D eigenvalue weighted by Crippen LogP contribution is 2.25. The van der Waals surface area contributed by atoms with Crippen molar-refractivity contribution in [2.24, 2.45) is 11.0 Å². The summed E-state index contributed by atoms with van der Waals surface area (Å²) in [4.78, 5) is 12.3. The Kier molecular flexibility index (Phi) is 6.78. The summed E-state index contributed by atoms with van der Waals surface area (Å²) in [6, 6.07) is 13.0. The summed E-state index contributed by atoms with van der Waals surface area (Å²) in [6.07, 6.45) is 2.54. The van der Waals surface area contributed by atoms with Gasteiger partial charge in [-0.2, -0.15) is 5.10 Å². The third-order valence-electron chi connectivity index (χ3n) is 4.11. The first-order chi connectivity index (χ1) is 12.4. The number of phenols is 1. The van der Waals surface area contributed by atoms with Gasteiger partial charge in [0, 0.05) is 0 Å². The lowest BCUT2D eigenvalue weighted by Gasteiger charge is -2.11. The predicted octanol–water partition coefficient (Wildman–Crippen LogP) is 3.85. The molecule has 0 spiro atoms. The topological polar surface area (TPSA) is 70.9 Å². The molecule has 2 aromatic carbocycles. The Hall–Kier alpha value is -2.82. The van der Waals surface area contributed by atoms with Crippen LogP contribution in [0.25, 0.3) is 0 Å². The van der Waals surface area contributed by atoms with E-state index in [9.17, 15) is 9.90 Å². The van der Waals surface area contributed by atoms with E-state index in [0.717, 1.165) is 12.0 Å². The molecule has 2 aromatic rings. The highest BCUT2D eigenvalue weighted by Gasteiger charge is 2.14. The molecular formula is C21H26N2O3. The maximum absolute atomic E-state index is 12.3. The van der Waals surface area contributed by atoms with Crippen LogP contribution in [0.4, 0.5) is 0 Å². The van der Waals surface area contributed by atoms with Gasteiger partial charge >= 0.3 is 0 Å². The first kappa shape index (κ1) is 19.5. The number of hydrogen-bond acceptors (Lipinski definition) is 4. The van der Waals surface area contributed by atoms with Gasteiger partial charge in [0.2, 0.25) is 5.91 Å². The Morgan fingerprint density at radius 2 is 1.88 bits per heavy atom. The first-order valence-electron chi connectivity index (χ1n) is 8.69. The average molecular weight is 354 g/mol. The number of carbonyl (C=O) groups excluding carboxylic acids is 1. The van der Waals surface area contributed by atoms with Gasteiger partial charge in [-0.15, -0.1) is 0 Å². The second-order valence-corrected chi connectivity index (χ2v) is 6.73. The third-order valence-corrected chi connectivity index (χ3v) is 4.11. The third kappa shape index (κ3) is 5.34. The van der Waals surface area contributed by atoms with Crippen LogP contribution in [0.2, 0.25) is 0 Å². The van der Waals surface area contributed by atoms with Gasteiger partial charge in [-0.1, -0.05) is 38.1 Å². The van der Waals surface area contributed by atoms with E-state index in [4.69, 9.17) is 4.74 Å². The molecule has 26 heavy (non-hydrogen) atoms. The quantitative estimate of drug-likeness (QED) is 0.586. The number of benzene rings is 2. The van der Waals surface area contributed by atoms with Gasteiger partial charge in [-0.3, -0.25) is 4.79 Å². The zero-order chi connectivity index (χ0) is 19.1. The van der Waals surface area contributed by atoms with Crippen LogP contribution >= 0.6 is 0 Å². The van der Waals surface area contributed by atoms with Crippen LogP contribution in [-0.2, 0) is 11.2 Å². The summed E-state index contributed by atoms with van der Waals surface area (Å²) in [5, 5.41) is 13.6. The smallest absolute Gasteiger partial charge is 0.247 e. The molecule has 0 heterocycles. The summed E-state index contributed by atoms with van der Waals surface area (Å²) in [7, 11) is 1.48. The number of rotatable bonds is 7. The van der Waals surface area contributed by atoms with Crippen LogP contribution in [0.5, 0.6) is 11.5 Å². The molecule has 0 saturated heterocycles. The Labute approximate surface area is 154 Å². The molecule has 2 rings (SSSR count). The number of hydrogen-bond donors (Lipinski definition) is 2. The van der Waals surface area contributed by atoms with Crippen molar-refractivity contribution >= 4 is 12.1 Å². The molecular weight excluding hydrogens is 328 g/mol. The van der Waals surface area contributed by atoms with E-state index >= 15 is 0 Å². The van der Waals surface area contributed by atoms with E-state index < -0.39 is 0 Å². The molecule has 0 fully saturated rings. The standard InChI is InChI=1S/C21H26N2O3/c1-14(2)11-16-5-8-18(9-6-16)15(3)21(25)23-22-13-17-7-10-19(24)20(12-17)26-4/h5-10,12-15,24H,11H2,1-4H3,(H,23,25)/b22-13-. The Morgan fingerprint density at radius 3 is 2.50 bits per heavy atom. The van der Waals surface area contributed by atoms with Gasteiger partial charge in [-0.25, -0.2) is 5.43 Å². The Bertz CT molecular complexity index is 767. The summed E-state index contributed by atoms with van der Waals surface area (Å²) in [5.41, 5.74) is 5.50. The van der Waals surface area contributed by atoms with Gasteiger partial charge in [0.25, 0.3) is 0 Å². The van der Waals surface area contributed by atoms with Crippen molar-refractivity contribution in [1.82, 2.24) is 5.43 Å². The number of nitrogens with one attached hydrogen (secondary N) is 1. The fraction of sp³-hybridized carbons (Fsp3) is 0.333. The normalized spacial score (nSPS) is 12.3. The van der Waals surface area contributed by atoms with E-state index in [1.165, 1.54) is 25.0 Å². The summed E-state index contributed by atoms with van der Waals surface area (Å²) in [5.74, 6) is 0.547. The number of nitrogens with zero attached hydrogens (tertiary/aromatic N) is 1. The van der Waals surface area contributed by atoms with Gasteiger partial charge < -0.3 is 9.84 Å². The van der Waals surface area contributed by atoms with Crippen molar-refractivity contribution in [3.05, 3.63) is 59.2 Å². The van der Waals surface area contributed by atoms with E-state index in [0.29, 0.717) is 17.2 Å². The maximum Gasteiger partial charge on any atom is 0.247 e. The maximum atomic E-state index is 12.3. The zero-order valence-electron chi connectivity index (χ0n) is 15.7. The molecule has 0 saturated carbocycles. The fourth-order valence-electron chi connectivity index (χ4n) is 2.61. The fourth-order valence-corrected chi connectivity index (χ4v) is 2.61. The lowest BCUT2D eigenvalue weighted by atomic mass is 9.96. The minimum absolute atomic E-state index is 0.0585. The number of methoxy groups -OCH3 is 1. The highest BCUT2D eigenvalue weighted by atomic mass is 16.5. The van der Waals surface area contributed by atoms with E-state index in [-0.39, 0.29) is 17.6 Å². The molecule has 5 nitrogen and oxygen atoms in total. The van der Waals surface area contributed by atoms with E-state index in [1.54, 1.807) is 12.1 Å². The molecule has 0 aromatic heterocycles. The molecule has 1 atom stereocenters. The van der Waals surface area contributed by atoms with Crippen molar-refractivity contribution in [3.63, 3.8) is 0 Å². The number of carbonyl (C=O) groups is 1. The van der Waals surface area contributed by atoms with Crippen molar-refractivity contribution < 1.29 is 14.6 Å². The lowest BCUT2D eigenvalue weighted by Crippen LogP contribution is -2.23. The van der Waals surface area contributed by atoms with Crippen LogP contribution in [-0.4, -0.2) is 24.3 Å². The molecule has 5 heteroatoms. The molecule has 0 radical (unpaired) electrons. The van der Waals surface area contributed by atoms with E-state index in [1.807, 2.05) is 19.1 Å². The molecule has 1 unspecified atom stereocenters. The summed E-state index contributed by atoms with van der Waals surface area (Å²) < 4.78 is 5.04. The van der Waals surface area contributed by atoms with Crippen molar-refractivity contribution in [2.45, 2.75) is 33.1 Å². The monoisotopic (exact) mass is 354 g/mol.